The van der Waals surface area contributed by atoms with Crippen molar-refractivity contribution in [1.82, 2.24) is 0 Å². The third-order valence-electron chi connectivity index (χ3n) is 6.38. The largest absolute Gasteiger partial charge is 0.495 e. The van der Waals surface area contributed by atoms with E-state index in [1.165, 1.54) is 27.5 Å². The Morgan fingerprint density at radius 2 is 0.938 bits per heavy atom. The highest BCUT2D eigenvalue weighted by Gasteiger charge is 2.33. The molecule has 0 radical (unpaired) electrons. The number of rotatable bonds is 4. The van der Waals surface area contributed by atoms with E-state index >= 15 is 0 Å². The molecular formula is C30H22O2. The van der Waals surface area contributed by atoms with Gasteiger partial charge in [-0.25, -0.2) is 0 Å². The summed E-state index contributed by atoms with van der Waals surface area (Å²) in [6.07, 6.45) is 0. The molecule has 0 N–H and O–H groups in total. The van der Waals surface area contributed by atoms with Crippen molar-refractivity contribution in [2.75, 3.05) is 14.2 Å². The molecule has 6 rings (SSSR count). The lowest BCUT2D eigenvalue weighted by molar-refractivity contribution is 0.400. The molecule has 0 bridgehead atoms. The molecule has 0 atom stereocenters. The van der Waals surface area contributed by atoms with E-state index in [1.54, 1.807) is 14.2 Å². The minimum atomic E-state index is 0.836. The van der Waals surface area contributed by atoms with E-state index in [0.29, 0.717) is 0 Å². The first-order chi connectivity index (χ1) is 15.8. The molecule has 154 valence electrons. The van der Waals surface area contributed by atoms with Gasteiger partial charge in [0.05, 0.1) is 19.8 Å². The van der Waals surface area contributed by atoms with Gasteiger partial charge in [-0.3, -0.25) is 0 Å². The molecule has 0 spiro atoms. The van der Waals surface area contributed by atoms with Crippen LogP contribution in [0.4, 0.5) is 0 Å². The summed E-state index contributed by atoms with van der Waals surface area (Å²) in [4.78, 5) is 0. The summed E-state index contributed by atoms with van der Waals surface area (Å²) in [6, 6.07) is 33.9. The van der Waals surface area contributed by atoms with Crippen LogP contribution in [0, 0.1) is 0 Å². The van der Waals surface area contributed by atoms with Gasteiger partial charge in [0.2, 0.25) is 0 Å². The van der Waals surface area contributed by atoms with Crippen LogP contribution < -0.4 is 9.47 Å². The Balaban J connectivity index is 1.87. The number of ether oxygens (including phenoxy) is 2. The van der Waals surface area contributed by atoms with Gasteiger partial charge in [0, 0.05) is 16.7 Å². The maximum atomic E-state index is 6.17. The molecule has 2 heteroatoms. The lowest BCUT2D eigenvalue weighted by Gasteiger charge is -2.23. The first kappa shape index (κ1) is 18.7. The Morgan fingerprint density at radius 1 is 0.438 bits per heavy atom. The third-order valence-corrected chi connectivity index (χ3v) is 6.38. The van der Waals surface area contributed by atoms with Gasteiger partial charge in [-0.05, 0) is 33.0 Å². The fourth-order valence-corrected chi connectivity index (χ4v) is 5.14. The minimum absolute atomic E-state index is 0.836. The first-order valence-corrected chi connectivity index (χ1v) is 10.8. The van der Waals surface area contributed by atoms with Gasteiger partial charge in [-0.15, -0.1) is 0 Å². The summed E-state index contributed by atoms with van der Waals surface area (Å²) in [5.41, 5.74) is 9.04. The standard InChI is InChI=1S/C30H22O2/c1-31-29-25(20-11-5-3-6-12-20)27-22-17-9-15-19-16-10-18-23(24(19)22)28(27)30(32-2)26(29)21-13-7-4-8-14-21/h3-18H,1-2H3. The quantitative estimate of drug-likeness (QED) is 0.292. The van der Waals surface area contributed by atoms with E-state index in [9.17, 15) is 0 Å². The van der Waals surface area contributed by atoms with Gasteiger partial charge in [0.1, 0.15) is 11.5 Å². The Kier molecular flexibility index (Phi) is 4.26. The molecule has 0 aromatic heterocycles. The summed E-state index contributed by atoms with van der Waals surface area (Å²) in [5.74, 6) is 1.69. The van der Waals surface area contributed by atoms with Gasteiger partial charge >= 0.3 is 0 Å². The smallest absolute Gasteiger partial charge is 0.138 e. The van der Waals surface area contributed by atoms with Crippen molar-refractivity contribution >= 4 is 10.8 Å². The third kappa shape index (κ3) is 2.53. The van der Waals surface area contributed by atoms with Crippen LogP contribution in [0.25, 0.3) is 55.3 Å². The number of hydrogen-bond donors (Lipinski definition) is 0. The molecule has 0 aliphatic heterocycles. The summed E-state index contributed by atoms with van der Waals surface area (Å²) in [6.45, 7) is 0. The van der Waals surface area contributed by atoms with Crippen LogP contribution in [-0.4, -0.2) is 14.2 Å². The summed E-state index contributed by atoms with van der Waals surface area (Å²) >= 11 is 0. The van der Waals surface area contributed by atoms with Crippen molar-refractivity contribution in [3.8, 4) is 56.0 Å². The van der Waals surface area contributed by atoms with Crippen molar-refractivity contribution in [3.05, 3.63) is 97.1 Å². The van der Waals surface area contributed by atoms with Crippen molar-refractivity contribution < 1.29 is 9.47 Å². The van der Waals surface area contributed by atoms with E-state index < -0.39 is 0 Å². The lowest BCUT2D eigenvalue weighted by Crippen LogP contribution is -2.00. The van der Waals surface area contributed by atoms with Crippen LogP contribution in [0.15, 0.2) is 97.1 Å². The van der Waals surface area contributed by atoms with Crippen LogP contribution >= 0.6 is 0 Å². The first-order valence-electron chi connectivity index (χ1n) is 10.8. The second kappa shape index (κ2) is 7.28. The maximum Gasteiger partial charge on any atom is 0.138 e. The highest BCUT2D eigenvalue weighted by atomic mass is 16.5. The molecule has 0 fully saturated rings. The van der Waals surface area contributed by atoms with Crippen molar-refractivity contribution in [2.24, 2.45) is 0 Å². The molecule has 5 aromatic carbocycles. The SMILES string of the molecule is COc1c(-c2ccccc2)c(OC)c2c(c1-c1ccccc1)-c1cccc3cccc-2c13. The molecule has 1 aliphatic carbocycles. The zero-order valence-electron chi connectivity index (χ0n) is 18.1. The number of benzene rings is 5. The van der Waals surface area contributed by atoms with Gasteiger partial charge in [-0.1, -0.05) is 97.1 Å². The lowest BCUT2D eigenvalue weighted by atomic mass is 9.87. The van der Waals surface area contributed by atoms with Crippen LogP contribution in [0.5, 0.6) is 11.5 Å². The van der Waals surface area contributed by atoms with Crippen molar-refractivity contribution in [3.63, 3.8) is 0 Å². The number of fused-ring (bicyclic) bond motifs is 3. The second-order valence-electron chi connectivity index (χ2n) is 8.01. The molecule has 5 aromatic rings. The Hall–Kier alpha value is -4.04. The molecule has 0 saturated heterocycles. The summed E-state index contributed by atoms with van der Waals surface area (Å²) < 4.78 is 12.3. The predicted octanol–water partition coefficient (Wildman–Crippen LogP) is 7.84. The van der Waals surface area contributed by atoms with Gasteiger partial charge < -0.3 is 9.47 Å². The number of methoxy groups -OCH3 is 2. The highest BCUT2D eigenvalue weighted by molar-refractivity contribution is 6.21. The Bertz CT molecular complexity index is 1460. The van der Waals surface area contributed by atoms with E-state index in [2.05, 4.69) is 84.9 Å². The van der Waals surface area contributed by atoms with Crippen LogP contribution in [-0.2, 0) is 0 Å². The fraction of sp³-hybridized carbons (Fsp3) is 0.0667. The van der Waals surface area contributed by atoms with E-state index in [-0.39, 0.29) is 0 Å². The highest BCUT2D eigenvalue weighted by Crippen LogP contribution is 2.61. The second-order valence-corrected chi connectivity index (χ2v) is 8.01. The minimum Gasteiger partial charge on any atom is -0.495 e. The summed E-state index contributed by atoms with van der Waals surface area (Å²) in [5, 5.41) is 2.50. The Morgan fingerprint density at radius 3 is 1.50 bits per heavy atom. The summed E-state index contributed by atoms with van der Waals surface area (Å²) in [7, 11) is 3.51. The number of hydrogen-bond acceptors (Lipinski definition) is 2. The van der Waals surface area contributed by atoms with Gasteiger partial charge in [0.15, 0.2) is 0 Å². The molecule has 32 heavy (non-hydrogen) atoms. The van der Waals surface area contributed by atoms with Crippen LogP contribution in [0.3, 0.4) is 0 Å². The molecule has 0 amide bonds. The Labute approximate surface area is 187 Å². The van der Waals surface area contributed by atoms with Crippen molar-refractivity contribution in [1.29, 1.82) is 0 Å². The van der Waals surface area contributed by atoms with Crippen LogP contribution in [0.1, 0.15) is 0 Å². The predicted molar refractivity (Wildman–Crippen MR) is 132 cm³/mol. The van der Waals surface area contributed by atoms with Crippen LogP contribution in [0.2, 0.25) is 0 Å². The van der Waals surface area contributed by atoms with E-state index in [0.717, 1.165) is 39.3 Å². The molecule has 0 unspecified atom stereocenters. The molecule has 0 heterocycles. The molecule has 0 saturated carbocycles. The molecule has 1 aliphatic rings. The molecule has 2 nitrogen and oxygen atoms in total. The van der Waals surface area contributed by atoms with E-state index in [4.69, 9.17) is 9.47 Å². The monoisotopic (exact) mass is 414 g/mol. The zero-order chi connectivity index (χ0) is 21.7. The topological polar surface area (TPSA) is 18.5 Å². The maximum absolute atomic E-state index is 6.17. The average Bonchev–Trinajstić information content (AvgIpc) is 3.19. The normalized spacial score (nSPS) is 11.4. The average molecular weight is 415 g/mol. The van der Waals surface area contributed by atoms with Gasteiger partial charge in [0.25, 0.3) is 0 Å². The van der Waals surface area contributed by atoms with Gasteiger partial charge in [-0.2, -0.15) is 0 Å². The van der Waals surface area contributed by atoms with Crippen molar-refractivity contribution in [2.45, 2.75) is 0 Å². The van der Waals surface area contributed by atoms with E-state index in [1.807, 2.05) is 12.1 Å². The fourth-order valence-electron chi connectivity index (χ4n) is 5.14. The zero-order valence-corrected chi connectivity index (χ0v) is 18.1. The molecular weight excluding hydrogens is 392 g/mol.